The van der Waals surface area contributed by atoms with Crippen molar-refractivity contribution in [1.82, 2.24) is 14.8 Å². The third-order valence-electron chi connectivity index (χ3n) is 6.13. The number of methoxy groups -OCH3 is 1. The predicted octanol–water partition coefficient (Wildman–Crippen LogP) is 5.23. The molecule has 4 aromatic rings. The highest BCUT2D eigenvalue weighted by molar-refractivity contribution is 6.30. The normalized spacial score (nSPS) is 17.0. The lowest BCUT2D eigenvalue weighted by Crippen LogP contribution is -2.42. The minimum atomic E-state index is -0.555. The maximum atomic E-state index is 13.9. The summed E-state index contributed by atoms with van der Waals surface area (Å²) in [4.78, 5) is 30.9. The first-order valence-corrected chi connectivity index (χ1v) is 11.2. The third kappa shape index (κ3) is 4.10. The molecule has 10 heteroatoms. The lowest BCUT2D eigenvalue weighted by Gasteiger charge is -2.39. The molecule has 5 rings (SSSR count). The molecule has 0 N–H and O–H groups in total. The number of rotatable bonds is 5. The largest absolute Gasteiger partial charge is 0.497 e. The zero-order chi connectivity index (χ0) is 24.5. The summed E-state index contributed by atoms with van der Waals surface area (Å²) in [5, 5.41) is 16.7. The smallest absolute Gasteiger partial charge is 0.282 e. The van der Waals surface area contributed by atoms with E-state index in [-0.39, 0.29) is 17.3 Å². The number of carbonyl (C=O) groups excluding carboxylic acids is 1. The first kappa shape index (κ1) is 22.5. The number of hydrogen-bond donors (Lipinski definition) is 0. The van der Waals surface area contributed by atoms with E-state index in [1.807, 2.05) is 36.4 Å². The van der Waals surface area contributed by atoms with Crippen LogP contribution in [-0.2, 0) is 0 Å². The number of benzene rings is 3. The van der Waals surface area contributed by atoms with Crippen LogP contribution in [0.1, 0.15) is 40.0 Å². The number of nitro groups is 1. The number of fused-ring (bicyclic) bond motifs is 1. The fraction of sp³-hybridized carbons (Fsp3) is 0.160. The Morgan fingerprint density at radius 1 is 1.03 bits per heavy atom. The molecule has 176 valence electrons. The number of carbonyl (C=O) groups is 1. The summed E-state index contributed by atoms with van der Waals surface area (Å²) >= 11 is 6.10. The molecular weight excluding hydrogens is 470 g/mol. The summed E-state index contributed by atoms with van der Waals surface area (Å²) < 4.78 is 6.97. The Bertz CT molecular complexity index is 1390. The first-order chi connectivity index (χ1) is 17.0. The van der Waals surface area contributed by atoms with Gasteiger partial charge >= 0.3 is 0 Å². The number of nitrogens with zero attached hydrogens (tertiary/aromatic N) is 5. The lowest BCUT2D eigenvalue weighted by atomic mass is 9.91. The summed E-state index contributed by atoms with van der Waals surface area (Å²) in [7, 11) is 1.58. The lowest BCUT2D eigenvalue weighted by molar-refractivity contribution is -0.385. The van der Waals surface area contributed by atoms with Crippen LogP contribution in [0.4, 0.5) is 11.6 Å². The van der Waals surface area contributed by atoms with Gasteiger partial charge < -0.3 is 4.74 Å². The van der Waals surface area contributed by atoms with Crippen molar-refractivity contribution < 1.29 is 14.5 Å². The van der Waals surface area contributed by atoms with Crippen molar-refractivity contribution in [2.75, 3.05) is 12.0 Å². The second kappa shape index (κ2) is 9.19. The molecule has 0 aliphatic carbocycles. The number of hydrogen-bond acceptors (Lipinski definition) is 6. The Hall–Kier alpha value is -4.24. The molecule has 0 fully saturated rings. The molecule has 2 heterocycles. The minimum Gasteiger partial charge on any atom is -0.497 e. The average molecular weight is 490 g/mol. The van der Waals surface area contributed by atoms with Crippen molar-refractivity contribution in [1.29, 1.82) is 0 Å². The Kier molecular flexibility index (Phi) is 5.92. The van der Waals surface area contributed by atoms with E-state index in [1.54, 1.807) is 30.0 Å². The molecule has 0 radical (unpaired) electrons. The molecule has 0 saturated heterocycles. The van der Waals surface area contributed by atoms with Crippen LogP contribution >= 0.6 is 11.6 Å². The Morgan fingerprint density at radius 3 is 2.37 bits per heavy atom. The van der Waals surface area contributed by atoms with Gasteiger partial charge in [0, 0.05) is 11.1 Å². The van der Waals surface area contributed by atoms with Gasteiger partial charge in [-0.2, -0.15) is 10.1 Å². The number of amides is 1. The maximum absolute atomic E-state index is 13.9. The zero-order valence-electron chi connectivity index (χ0n) is 18.6. The van der Waals surface area contributed by atoms with Crippen LogP contribution < -0.4 is 9.64 Å². The Labute approximate surface area is 205 Å². The number of ether oxygens (including phenoxy) is 1. The van der Waals surface area contributed by atoms with Crippen LogP contribution in [-0.4, -0.2) is 32.7 Å². The average Bonchev–Trinajstić information content (AvgIpc) is 3.38. The van der Waals surface area contributed by atoms with Gasteiger partial charge in [0.25, 0.3) is 11.6 Å². The van der Waals surface area contributed by atoms with E-state index >= 15 is 0 Å². The second-order valence-corrected chi connectivity index (χ2v) is 8.48. The molecule has 0 bridgehead atoms. The quantitative estimate of drug-likeness (QED) is 0.281. The van der Waals surface area contributed by atoms with Gasteiger partial charge in [-0.3, -0.25) is 19.8 Å². The molecule has 0 unspecified atom stereocenters. The topological polar surface area (TPSA) is 103 Å². The van der Waals surface area contributed by atoms with Crippen LogP contribution in [0.5, 0.6) is 5.75 Å². The summed E-state index contributed by atoms with van der Waals surface area (Å²) in [6, 6.07) is 20.1. The standard InChI is InChI=1S/C25H20ClN5O4/c1-35-19-12-8-16(9-13-19)22-14-23(17-6-10-18(26)11-7-17)30-25(27-15-28-30)29(22)24(32)20-4-2-3-5-21(20)31(33)34/h2-13,15,22-23H,14H2,1H3/t22-,23-/m1/s1. The summed E-state index contributed by atoms with van der Waals surface area (Å²) in [5.74, 6) is 0.459. The minimum absolute atomic E-state index is 0.0181. The van der Waals surface area contributed by atoms with Gasteiger partial charge in [0.05, 0.1) is 24.1 Å². The SMILES string of the molecule is COc1ccc([C@H]2C[C@H](c3ccc(Cl)cc3)n3ncnc3N2C(=O)c2ccccc2[N+](=O)[O-])cc1. The third-order valence-corrected chi connectivity index (χ3v) is 6.38. The fourth-order valence-corrected chi connectivity index (χ4v) is 4.57. The van der Waals surface area contributed by atoms with Gasteiger partial charge in [0.1, 0.15) is 17.6 Å². The number of anilines is 1. The van der Waals surface area contributed by atoms with Crippen LogP contribution in [0, 0.1) is 10.1 Å². The van der Waals surface area contributed by atoms with E-state index < -0.39 is 16.9 Å². The van der Waals surface area contributed by atoms with Gasteiger partial charge in [0.2, 0.25) is 5.95 Å². The van der Waals surface area contributed by atoms with E-state index in [9.17, 15) is 14.9 Å². The molecule has 35 heavy (non-hydrogen) atoms. The van der Waals surface area contributed by atoms with E-state index in [0.717, 1.165) is 11.1 Å². The van der Waals surface area contributed by atoms with E-state index in [4.69, 9.17) is 16.3 Å². The molecule has 0 spiro atoms. The zero-order valence-corrected chi connectivity index (χ0v) is 19.4. The molecule has 1 aromatic heterocycles. The number of nitro benzene ring substituents is 1. The molecular formula is C25H20ClN5O4. The Morgan fingerprint density at radius 2 is 1.69 bits per heavy atom. The molecule has 0 saturated carbocycles. The van der Waals surface area contributed by atoms with E-state index in [2.05, 4.69) is 10.1 Å². The van der Waals surface area contributed by atoms with Crippen molar-refractivity contribution in [3.8, 4) is 5.75 Å². The Balaban J connectivity index is 1.66. The first-order valence-electron chi connectivity index (χ1n) is 10.8. The number of para-hydroxylation sites is 1. The van der Waals surface area contributed by atoms with Gasteiger partial charge in [-0.25, -0.2) is 4.68 Å². The molecule has 9 nitrogen and oxygen atoms in total. The van der Waals surface area contributed by atoms with Crippen molar-refractivity contribution in [3.63, 3.8) is 0 Å². The number of aromatic nitrogens is 3. The fourth-order valence-electron chi connectivity index (χ4n) is 4.44. The van der Waals surface area contributed by atoms with Crippen molar-refractivity contribution >= 4 is 29.1 Å². The highest BCUT2D eigenvalue weighted by atomic mass is 35.5. The molecule has 1 aliphatic heterocycles. The van der Waals surface area contributed by atoms with Crippen LogP contribution in [0.2, 0.25) is 5.02 Å². The van der Waals surface area contributed by atoms with E-state index in [1.165, 1.54) is 29.4 Å². The van der Waals surface area contributed by atoms with Gasteiger partial charge in [0.15, 0.2) is 0 Å². The van der Waals surface area contributed by atoms with Crippen molar-refractivity contribution in [3.05, 3.63) is 111 Å². The van der Waals surface area contributed by atoms with Gasteiger partial charge in [-0.15, -0.1) is 0 Å². The van der Waals surface area contributed by atoms with E-state index in [0.29, 0.717) is 23.1 Å². The highest BCUT2D eigenvalue weighted by Crippen LogP contribution is 2.43. The summed E-state index contributed by atoms with van der Waals surface area (Å²) in [6.07, 6.45) is 1.85. The van der Waals surface area contributed by atoms with Crippen molar-refractivity contribution in [2.24, 2.45) is 0 Å². The van der Waals surface area contributed by atoms with Gasteiger partial charge in [-0.05, 0) is 47.9 Å². The maximum Gasteiger partial charge on any atom is 0.282 e. The molecule has 1 amide bonds. The number of halogens is 1. The predicted molar refractivity (Wildman–Crippen MR) is 130 cm³/mol. The van der Waals surface area contributed by atoms with Crippen LogP contribution in [0.15, 0.2) is 79.1 Å². The van der Waals surface area contributed by atoms with Crippen LogP contribution in [0.25, 0.3) is 0 Å². The monoisotopic (exact) mass is 489 g/mol. The molecule has 1 aliphatic rings. The molecule has 3 aromatic carbocycles. The highest BCUT2D eigenvalue weighted by Gasteiger charge is 2.41. The van der Waals surface area contributed by atoms with Gasteiger partial charge in [-0.1, -0.05) is 48.0 Å². The summed E-state index contributed by atoms with van der Waals surface area (Å²) in [6.45, 7) is 0. The van der Waals surface area contributed by atoms with Crippen molar-refractivity contribution in [2.45, 2.75) is 18.5 Å². The summed E-state index contributed by atoms with van der Waals surface area (Å²) in [5.41, 5.74) is 1.51. The van der Waals surface area contributed by atoms with Crippen LogP contribution in [0.3, 0.4) is 0 Å². The molecule has 2 atom stereocenters. The second-order valence-electron chi connectivity index (χ2n) is 8.05.